The summed E-state index contributed by atoms with van der Waals surface area (Å²) in [5, 5.41) is 33.6. The van der Waals surface area contributed by atoms with Gasteiger partial charge in [0.25, 0.3) is 0 Å². The van der Waals surface area contributed by atoms with E-state index in [9.17, 15) is 20.3 Å². The first kappa shape index (κ1) is 30.2. The fraction of sp³-hybridized carbons (Fsp3) is 0.742. The van der Waals surface area contributed by atoms with E-state index in [1.165, 1.54) is 4.88 Å². The number of carbonyl (C=O) groups excluding carboxylic acids is 1. The van der Waals surface area contributed by atoms with Crippen molar-refractivity contribution in [3.05, 3.63) is 34.5 Å². The summed E-state index contributed by atoms with van der Waals surface area (Å²) >= 11 is 1.73. The summed E-state index contributed by atoms with van der Waals surface area (Å²) in [5.41, 5.74) is -0.115. The van der Waals surface area contributed by atoms with Gasteiger partial charge in [0.1, 0.15) is 6.61 Å². The third kappa shape index (κ3) is 8.14. The Labute approximate surface area is 237 Å². The quantitative estimate of drug-likeness (QED) is 0.181. The van der Waals surface area contributed by atoms with Gasteiger partial charge in [-0.3, -0.25) is 9.69 Å². The molecule has 2 heterocycles. The van der Waals surface area contributed by atoms with Gasteiger partial charge >= 0.3 is 5.97 Å². The Hall–Kier alpha value is -1.76. The molecule has 1 aromatic heterocycles. The number of nitrogens with zero attached hydrogens (tertiary/aromatic N) is 2. The van der Waals surface area contributed by atoms with Gasteiger partial charge in [0.2, 0.25) is 0 Å². The highest BCUT2D eigenvalue weighted by Crippen LogP contribution is 2.49. The zero-order chi connectivity index (χ0) is 27.5. The molecule has 1 unspecified atom stereocenters. The van der Waals surface area contributed by atoms with Crippen molar-refractivity contribution in [2.45, 2.75) is 88.3 Å². The molecule has 1 saturated heterocycles. The van der Waals surface area contributed by atoms with Crippen LogP contribution in [0.15, 0.2) is 29.7 Å². The van der Waals surface area contributed by atoms with Gasteiger partial charge < -0.3 is 19.7 Å². The highest BCUT2D eigenvalue weighted by molar-refractivity contribution is 7.10. The highest BCUT2D eigenvalue weighted by atomic mass is 32.1. The number of rotatable bonds is 15. The first-order valence-corrected chi connectivity index (χ1v) is 15.8. The van der Waals surface area contributed by atoms with Crippen LogP contribution in [0.5, 0.6) is 0 Å². The van der Waals surface area contributed by atoms with Crippen molar-refractivity contribution in [2.24, 2.45) is 17.8 Å². The maximum absolute atomic E-state index is 12.0. The van der Waals surface area contributed by atoms with Gasteiger partial charge in [-0.15, -0.1) is 11.3 Å². The molecule has 2 N–H and O–H groups in total. The lowest BCUT2D eigenvalue weighted by Gasteiger charge is -2.45. The summed E-state index contributed by atoms with van der Waals surface area (Å²) in [6.45, 7) is 4.51. The van der Waals surface area contributed by atoms with Crippen LogP contribution in [-0.2, 0) is 19.7 Å². The van der Waals surface area contributed by atoms with Crippen LogP contribution in [0, 0.1) is 29.1 Å². The van der Waals surface area contributed by atoms with Gasteiger partial charge in [-0.2, -0.15) is 5.26 Å². The van der Waals surface area contributed by atoms with Gasteiger partial charge in [-0.25, -0.2) is 0 Å². The number of aliphatic hydroxyl groups is 2. The van der Waals surface area contributed by atoms with Crippen LogP contribution in [0.1, 0.15) is 75.5 Å². The number of aliphatic hydroxyl groups excluding tert-OH is 2. The van der Waals surface area contributed by atoms with Crippen molar-refractivity contribution in [2.75, 3.05) is 39.5 Å². The van der Waals surface area contributed by atoms with Crippen LogP contribution in [-0.4, -0.2) is 72.7 Å². The zero-order valence-corrected chi connectivity index (χ0v) is 24.0. The Kier molecular flexibility index (Phi) is 11.8. The monoisotopic (exact) mass is 558 g/mol. The van der Waals surface area contributed by atoms with E-state index >= 15 is 0 Å². The molecule has 3 fully saturated rings. The largest absolute Gasteiger partial charge is 0.464 e. The molecule has 39 heavy (non-hydrogen) atoms. The van der Waals surface area contributed by atoms with Gasteiger partial charge in [0.15, 0.2) is 0 Å². The van der Waals surface area contributed by atoms with Crippen molar-refractivity contribution >= 4 is 17.3 Å². The molecule has 1 aliphatic heterocycles. The van der Waals surface area contributed by atoms with Gasteiger partial charge in [0, 0.05) is 42.3 Å². The summed E-state index contributed by atoms with van der Waals surface area (Å²) in [4.78, 5) is 15.6. The lowest BCUT2D eigenvalue weighted by atomic mass is 9.63. The molecular formula is C31H46N2O5S. The smallest absolute Gasteiger partial charge is 0.305 e. The third-order valence-electron chi connectivity index (χ3n) is 9.17. The van der Waals surface area contributed by atoms with E-state index in [-0.39, 0.29) is 29.1 Å². The van der Waals surface area contributed by atoms with Crippen LogP contribution < -0.4 is 0 Å². The first-order chi connectivity index (χ1) is 19.0. The number of nitriles is 1. The molecule has 8 heteroatoms. The maximum Gasteiger partial charge on any atom is 0.305 e. The third-order valence-corrected chi connectivity index (χ3v) is 10.3. The summed E-state index contributed by atoms with van der Waals surface area (Å²) < 4.78 is 10.7. The SMILES string of the molecule is N#C[C@@H]1C[C@@H](O)[C@H](C=CCC(O)C2(c3cccs3)CCC2)[C@H]1CCCCCCC(=O)OCCN1CCOCC1. The minimum Gasteiger partial charge on any atom is -0.464 e. The Morgan fingerprint density at radius 3 is 2.77 bits per heavy atom. The van der Waals surface area contributed by atoms with Crippen LogP contribution in [0.25, 0.3) is 0 Å². The van der Waals surface area contributed by atoms with Crippen LogP contribution >= 0.6 is 11.3 Å². The van der Waals surface area contributed by atoms with Crippen LogP contribution in [0.4, 0.5) is 0 Å². The Balaban J connectivity index is 1.14. The maximum atomic E-state index is 12.0. The molecule has 0 amide bonds. The molecule has 3 aliphatic rings. The number of ether oxygens (including phenoxy) is 2. The standard InChI is InChI=1S/C31H46N2O5S/c32-23-24-22-27(34)26(9-5-10-28(35)31(13-7-14-31)29-11-6-21-39-29)25(24)8-3-1-2-4-12-30(36)38-20-17-33-15-18-37-19-16-33/h5-6,9,11,21,24-28,34-35H,1-4,7-8,10,12-20,22H2/t24-,25-,26+,27+,28?/m0/s1. The van der Waals surface area contributed by atoms with Crippen LogP contribution in [0.3, 0.4) is 0 Å². The number of morpholine rings is 1. The minimum atomic E-state index is -0.504. The van der Waals surface area contributed by atoms with Crippen molar-refractivity contribution in [1.29, 1.82) is 5.26 Å². The number of thiophene rings is 1. The Bertz CT molecular complexity index is 935. The molecule has 7 nitrogen and oxygen atoms in total. The van der Waals surface area contributed by atoms with Gasteiger partial charge in [-0.05, 0) is 55.9 Å². The highest BCUT2D eigenvalue weighted by Gasteiger charge is 2.45. The molecule has 0 aromatic carbocycles. The molecule has 5 atom stereocenters. The van der Waals surface area contributed by atoms with Crippen molar-refractivity contribution < 1.29 is 24.5 Å². The molecule has 4 rings (SSSR count). The Morgan fingerprint density at radius 2 is 2.08 bits per heavy atom. The average molecular weight is 559 g/mol. The second-order valence-corrected chi connectivity index (χ2v) is 12.5. The van der Waals surface area contributed by atoms with E-state index < -0.39 is 12.2 Å². The summed E-state index contributed by atoms with van der Waals surface area (Å²) in [6, 6.07) is 6.63. The molecule has 1 aromatic rings. The normalized spacial score (nSPS) is 27.7. The predicted octanol–water partition coefficient (Wildman–Crippen LogP) is 4.83. The van der Waals surface area contributed by atoms with Crippen molar-refractivity contribution in [3.8, 4) is 6.07 Å². The number of hydrogen-bond donors (Lipinski definition) is 2. The average Bonchev–Trinajstić information content (AvgIpc) is 3.55. The van der Waals surface area contributed by atoms with E-state index in [4.69, 9.17) is 9.47 Å². The van der Waals surface area contributed by atoms with Crippen molar-refractivity contribution in [3.63, 3.8) is 0 Å². The number of unbranched alkanes of at least 4 members (excludes halogenated alkanes) is 3. The van der Waals surface area contributed by atoms with Crippen molar-refractivity contribution in [1.82, 2.24) is 4.90 Å². The predicted molar refractivity (Wildman–Crippen MR) is 152 cm³/mol. The fourth-order valence-corrected chi connectivity index (χ4v) is 7.64. The fourth-order valence-electron chi connectivity index (χ4n) is 6.60. The summed E-state index contributed by atoms with van der Waals surface area (Å²) in [7, 11) is 0. The Morgan fingerprint density at radius 1 is 1.28 bits per heavy atom. The molecule has 0 spiro atoms. The van der Waals surface area contributed by atoms with Gasteiger partial charge in [-0.1, -0.05) is 43.9 Å². The van der Waals surface area contributed by atoms with E-state index in [2.05, 4.69) is 34.6 Å². The molecule has 2 aliphatic carbocycles. The van der Waals surface area contributed by atoms with Gasteiger partial charge in [0.05, 0.1) is 37.4 Å². The zero-order valence-electron chi connectivity index (χ0n) is 23.2. The van der Waals surface area contributed by atoms with Crippen LogP contribution in [0.2, 0.25) is 0 Å². The lowest BCUT2D eigenvalue weighted by Crippen LogP contribution is -2.44. The molecule has 0 bridgehead atoms. The number of carbonyl (C=O) groups is 1. The number of esters is 1. The second kappa shape index (κ2) is 15.3. The molecule has 0 radical (unpaired) electrons. The molecular weight excluding hydrogens is 512 g/mol. The van der Waals surface area contributed by atoms with E-state index in [1.54, 1.807) is 11.3 Å². The summed E-state index contributed by atoms with van der Waals surface area (Å²) in [6.07, 6.45) is 12.6. The number of hydrogen-bond acceptors (Lipinski definition) is 8. The molecule has 2 saturated carbocycles. The van der Waals surface area contributed by atoms with E-state index in [1.807, 2.05) is 6.08 Å². The second-order valence-electron chi connectivity index (χ2n) is 11.6. The molecule has 216 valence electrons. The summed E-state index contributed by atoms with van der Waals surface area (Å²) in [5.74, 6) is -0.159. The van der Waals surface area contributed by atoms with E-state index in [0.717, 1.165) is 84.2 Å². The topological polar surface area (TPSA) is 103 Å². The lowest BCUT2D eigenvalue weighted by molar-refractivity contribution is -0.144. The minimum absolute atomic E-state index is 0.0395. The van der Waals surface area contributed by atoms with E-state index in [0.29, 0.717) is 25.9 Å². The first-order valence-electron chi connectivity index (χ1n) is 15.0.